The van der Waals surface area contributed by atoms with Crippen LogP contribution in [0.25, 0.3) is 0 Å². The molecule has 0 aliphatic rings. The van der Waals surface area contributed by atoms with Gasteiger partial charge in [-0.2, -0.15) is 8.42 Å². The maximum Gasteiger partial charge on any atom is 0.306 e. The number of hydrogen-bond donors (Lipinski definition) is 0. The molecule has 0 radical (unpaired) electrons. The standard InChI is InChI=1S/C12H18O4S/c1-12(2,3)9-6-7-10(11(8-9)15-4)16-17(5,13)14/h6-8H,1-5H3. The molecule has 0 saturated carbocycles. The topological polar surface area (TPSA) is 52.6 Å². The summed E-state index contributed by atoms with van der Waals surface area (Å²) in [6.07, 6.45) is 1.00. The van der Waals surface area contributed by atoms with Crippen molar-refractivity contribution >= 4 is 10.1 Å². The Morgan fingerprint density at radius 2 is 1.71 bits per heavy atom. The van der Waals surface area contributed by atoms with Crippen LogP contribution in [0.3, 0.4) is 0 Å². The quantitative estimate of drug-likeness (QED) is 0.781. The zero-order valence-corrected chi connectivity index (χ0v) is 11.6. The minimum absolute atomic E-state index is 0.0309. The predicted molar refractivity (Wildman–Crippen MR) is 67.2 cm³/mol. The van der Waals surface area contributed by atoms with Gasteiger partial charge in [-0.1, -0.05) is 26.8 Å². The van der Waals surface area contributed by atoms with Crippen molar-refractivity contribution in [2.24, 2.45) is 0 Å². The molecule has 0 spiro atoms. The maximum absolute atomic E-state index is 11.1. The summed E-state index contributed by atoms with van der Waals surface area (Å²) in [5.41, 5.74) is 1.02. The summed E-state index contributed by atoms with van der Waals surface area (Å²) in [7, 11) is -2.06. The Balaban J connectivity index is 3.19. The van der Waals surface area contributed by atoms with Gasteiger partial charge in [0.2, 0.25) is 0 Å². The lowest BCUT2D eigenvalue weighted by atomic mass is 9.87. The van der Waals surface area contributed by atoms with E-state index >= 15 is 0 Å². The zero-order chi connectivity index (χ0) is 13.3. The molecule has 17 heavy (non-hydrogen) atoms. The number of hydrogen-bond acceptors (Lipinski definition) is 4. The fourth-order valence-corrected chi connectivity index (χ4v) is 1.83. The van der Waals surface area contributed by atoms with Crippen LogP contribution in [-0.2, 0) is 15.5 Å². The lowest BCUT2D eigenvalue weighted by Crippen LogP contribution is -2.12. The van der Waals surface area contributed by atoms with Crippen molar-refractivity contribution < 1.29 is 17.3 Å². The Morgan fingerprint density at radius 3 is 2.12 bits per heavy atom. The third-order valence-electron chi connectivity index (χ3n) is 2.27. The highest BCUT2D eigenvalue weighted by Gasteiger charge is 2.18. The van der Waals surface area contributed by atoms with Crippen molar-refractivity contribution in [3.05, 3.63) is 23.8 Å². The van der Waals surface area contributed by atoms with Crippen LogP contribution >= 0.6 is 0 Å². The maximum atomic E-state index is 11.1. The van der Waals surface area contributed by atoms with E-state index < -0.39 is 10.1 Å². The Morgan fingerprint density at radius 1 is 1.12 bits per heavy atom. The summed E-state index contributed by atoms with van der Waals surface area (Å²) in [4.78, 5) is 0. The summed E-state index contributed by atoms with van der Waals surface area (Å²) in [5, 5.41) is 0. The summed E-state index contributed by atoms with van der Waals surface area (Å²) in [6, 6.07) is 5.24. The Bertz CT molecular complexity index is 498. The SMILES string of the molecule is COc1cc(C(C)(C)C)ccc1OS(C)(=O)=O. The predicted octanol–water partition coefficient (Wildman–Crippen LogP) is 2.33. The fourth-order valence-electron chi connectivity index (χ4n) is 1.37. The molecule has 0 saturated heterocycles. The van der Waals surface area contributed by atoms with Gasteiger partial charge in [0.15, 0.2) is 11.5 Å². The highest BCUT2D eigenvalue weighted by Crippen LogP contribution is 2.33. The molecule has 1 rings (SSSR count). The zero-order valence-electron chi connectivity index (χ0n) is 10.8. The number of ether oxygens (including phenoxy) is 1. The molecule has 0 atom stereocenters. The average molecular weight is 258 g/mol. The monoisotopic (exact) mass is 258 g/mol. The van der Waals surface area contributed by atoms with Gasteiger partial charge in [-0.05, 0) is 23.1 Å². The first-order valence-corrected chi connectivity index (χ1v) is 7.03. The van der Waals surface area contributed by atoms with Crippen molar-refractivity contribution in [3.8, 4) is 11.5 Å². The second-order valence-electron chi connectivity index (χ2n) is 4.90. The molecular formula is C12H18O4S. The summed E-state index contributed by atoms with van der Waals surface area (Å²) in [6.45, 7) is 6.20. The van der Waals surface area contributed by atoms with Crippen molar-refractivity contribution in [2.45, 2.75) is 26.2 Å². The van der Waals surface area contributed by atoms with E-state index in [1.165, 1.54) is 7.11 Å². The highest BCUT2D eigenvalue weighted by molar-refractivity contribution is 7.86. The van der Waals surface area contributed by atoms with Crippen LogP contribution in [0.1, 0.15) is 26.3 Å². The molecule has 0 fully saturated rings. The molecule has 1 aromatic carbocycles. The molecule has 0 aliphatic heterocycles. The molecule has 5 heteroatoms. The van der Waals surface area contributed by atoms with Gasteiger partial charge in [-0.15, -0.1) is 0 Å². The first-order valence-electron chi connectivity index (χ1n) is 5.21. The molecule has 0 heterocycles. The summed E-state index contributed by atoms with van der Waals surface area (Å²) in [5.74, 6) is 0.630. The van der Waals surface area contributed by atoms with Crippen molar-refractivity contribution in [3.63, 3.8) is 0 Å². The molecule has 0 N–H and O–H groups in total. The van der Waals surface area contributed by atoms with Crippen LogP contribution in [0.5, 0.6) is 11.5 Å². The van der Waals surface area contributed by atoms with Crippen LogP contribution < -0.4 is 8.92 Å². The van der Waals surface area contributed by atoms with Crippen LogP contribution in [0.15, 0.2) is 18.2 Å². The number of methoxy groups -OCH3 is 1. The van der Waals surface area contributed by atoms with Crippen molar-refractivity contribution in [1.82, 2.24) is 0 Å². The number of rotatable bonds is 3. The van der Waals surface area contributed by atoms with Gasteiger partial charge in [0, 0.05) is 0 Å². The van der Waals surface area contributed by atoms with Gasteiger partial charge in [0.25, 0.3) is 0 Å². The van der Waals surface area contributed by atoms with Crippen LogP contribution in [0.4, 0.5) is 0 Å². The Hall–Kier alpha value is -1.23. The van der Waals surface area contributed by atoms with Gasteiger partial charge in [-0.25, -0.2) is 0 Å². The molecule has 4 nitrogen and oxygen atoms in total. The van der Waals surface area contributed by atoms with E-state index in [4.69, 9.17) is 8.92 Å². The molecular weight excluding hydrogens is 240 g/mol. The van der Waals surface area contributed by atoms with E-state index in [2.05, 4.69) is 20.8 Å². The Labute approximate surface area is 103 Å². The summed E-state index contributed by atoms with van der Waals surface area (Å²) >= 11 is 0. The molecule has 0 unspecified atom stereocenters. The van der Waals surface area contributed by atoms with Gasteiger partial charge in [0.05, 0.1) is 13.4 Å². The van der Waals surface area contributed by atoms with Crippen molar-refractivity contribution in [1.29, 1.82) is 0 Å². The van der Waals surface area contributed by atoms with Gasteiger partial charge in [-0.3, -0.25) is 0 Å². The third-order valence-corrected chi connectivity index (χ3v) is 2.75. The molecule has 1 aromatic rings. The average Bonchev–Trinajstić information content (AvgIpc) is 2.14. The van der Waals surface area contributed by atoms with Crippen molar-refractivity contribution in [2.75, 3.05) is 13.4 Å². The lowest BCUT2D eigenvalue weighted by molar-refractivity contribution is 0.389. The van der Waals surface area contributed by atoms with E-state index in [0.29, 0.717) is 5.75 Å². The summed E-state index contributed by atoms with van der Waals surface area (Å²) < 4.78 is 32.1. The first-order chi connectivity index (χ1) is 7.63. The van der Waals surface area contributed by atoms with Gasteiger partial charge >= 0.3 is 10.1 Å². The lowest BCUT2D eigenvalue weighted by Gasteiger charge is -2.20. The van der Waals surface area contributed by atoms with Crippen LogP contribution in [0.2, 0.25) is 0 Å². The normalized spacial score (nSPS) is 12.3. The second kappa shape index (κ2) is 4.56. The molecule has 0 bridgehead atoms. The molecule has 0 aliphatic carbocycles. The third kappa shape index (κ3) is 3.93. The fraction of sp³-hybridized carbons (Fsp3) is 0.500. The van der Waals surface area contributed by atoms with E-state index in [1.54, 1.807) is 12.1 Å². The van der Waals surface area contributed by atoms with Crippen LogP contribution in [-0.4, -0.2) is 21.8 Å². The first kappa shape index (κ1) is 13.8. The number of benzene rings is 1. The highest BCUT2D eigenvalue weighted by atomic mass is 32.2. The molecule has 0 aromatic heterocycles. The molecule has 0 amide bonds. The van der Waals surface area contributed by atoms with E-state index in [1.807, 2.05) is 6.07 Å². The van der Waals surface area contributed by atoms with Crippen LogP contribution in [0, 0.1) is 0 Å². The smallest absolute Gasteiger partial charge is 0.306 e. The molecule has 96 valence electrons. The van der Waals surface area contributed by atoms with E-state index in [-0.39, 0.29) is 11.2 Å². The van der Waals surface area contributed by atoms with E-state index in [0.717, 1.165) is 11.8 Å². The minimum Gasteiger partial charge on any atom is -0.493 e. The van der Waals surface area contributed by atoms with E-state index in [9.17, 15) is 8.42 Å². The van der Waals surface area contributed by atoms with Gasteiger partial charge < -0.3 is 8.92 Å². The minimum atomic E-state index is -3.54. The largest absolute Gasteiger partial charge is 0.493 e. The second-order valence-corrected chi connectivity index (χ2v) is 6.48. The van der Waals surface area contributed by atoms with Gasteiger partial charge in [0.1, 0.15) is 0 Å². The Kier molecular flexibility index (Phi) is 3.71.